The van der Waals surface area contributed by atoms with Gasteiger partial charge in [-0.1, -0.05) is 19.6 Å². The van der Waals surface area contributed by atoms with Gasteiger partial charge in [-0.2, -0.15) is 0 Å². The van der Waals surface area contributed by atoms with Crippen LogP contribution in [0.4, 0.5) is 5.00 Å². The first kappa shape index (κ1) is 8.32. The van der Waals surface area contributed by atoms with Crippen molar-refractivity contribution >= 4 is 24.4 Å². The third-order valence-electron chi connectivity index (χ3n) is 2.40. The molecule has 0 amide bonds. The van der Waals surface area contributed by atoms with Gasteiger partial charge in [0.25, 0.3) is 0 Å². The zero-order valence-electron chi connectivity index (χ0n) is 7.87. The molecule has 1 aliphatic heterocycles. The Labute approximate surface area is 79.0 Å². The normalized spacial score (nSPS) is 22.9. The van der Waals surface area contributed by atoms with Gasteiger partial charge in [0, 0.05) is 12.2 Å². The molecule has 66 valence electrons. The lowest BCUT2D eigenvalue weighted by Crippen LogP contribution is -2.31. The van der Waals surface area contributed by atoms with Crippen molar-refractivity contribution in [1.29, 1.82) is 0 Å². The van der Waals surface area contributed by atoms with Gasteiger partial charge in [0.2, 0.25) is 0 Å². The van der Waals surface area contributed by atoms with Gasteiger partial charge in [-0.25, -0.2) is 0 Å². The van der Waals surface area contributed by atoms with E-state index in [1.54, 1.807) is 0 Å². The summed E-state index contributed by atoms with van der Waals surface area (Å²) in [5.74, 6) is 0. The number of anilines is 1. The molecule has 1 unspecified atom stereocenters. The summed E-state index contributed by atoms with van der Waals surface area (Å²) in [5, 5.41) is 3.62. The largest absolute Gasteiger partial charge is 0.360 e. The van der Waals surface area contributed by atoms with E-state index in [1.807, 2.05) is 11.3 Å². The standard InChI is InChI=1S/C9H15NSSi/c1-12(2,3)9-7-10(9)8-5-4-6-11-8/h4-6,9H,7H2,1-3H3. The fraction of sp³-hybridized carbons (Fsp3) is 0.556. The predicted molar refractivity (Wildman–Crippen MR) is 58.8 cm³/mol. The molecule has 0 radical (unpaired) electrons. The SMILES string of the molecule is C[Si](C)(C)C1CN1c1cccs1. The second-order valence-electron chi connectivity index (χ2n) is 4.49. The van der Waals surface area contributed by atoms with Crippen LogP contribution in [0.15, 0.2) is 17.5 Å². The van der Waals surface area contributed by atoms with E-state index in [0.29, 0.717) is 0 Å². The topological polar surface area (TPSA) is 3.01 Å². The lowest BCUT2D eigenvalue weighted by Gasteiger charge is -2.15. The quantitative estimate of drug-likeness (QED) is 0.520. The fourth-order valence-corrected chi connectivity index (χ4v) is 4.26. The second kappa shape index (κ2) is 2.60. The summed E-state index contributed by atoms with van der Waals surface area (Å²) < 4.78 is 0. The highest BCUT2D eigenvalue weighted by Crippen LogP contribution is 2.36. The van der Waals surface area contributed by atoms with E-state index >= 15 is 0 Å². The van der Waals surface area contributed by atoms with Crippen LogP contribution < -0.4 is 4.90 Å². The molecule has 1 atom stereocenters. The van der Waals surface area contributed by atoms with Gasteiger partial charge in [-0.15, -0.1) is 11.3 Å². The van der Waals surface area contributed by atoms with Gasteiger partial charge < -0.3 is 4.90 Å². The first-order chi connectivity index (χ1) is 5.59. The van der Waals surface area contributed by atoms with Crippen molar-refractivity contribution in [2.45, 2.75) is 25.3 Å². The molecule has 1 fully saturated rings. The van der Waals surface area contributed by atoms with Crippen molar-refractivity contribution in [3.63, 3.8) is 0 Å². The van der Waals surface area contributed by atoms with Crippen LogP contribution in [0.3, 0.4) is 0 Å². The molecule has 0 spiro atoms. The maximum absolute atomic E-state index is 2.54. The molecule has 1 aromatic heterocycles. The van der Waals surface area contributed by atoms with Crippen molar-refractivity contribution in [1.82, 2.24) is 0 Å². The summed E-state index contributed by atoms with van der Waals surface area (Å²) in [7, 11) is -0.910. The Morgan fingerprint density at radius 3 is 2.67 bits per heavy atom. The van der Waals surface area contributed by atoms with Crippen LogP contribution in [0.5, 0.6) is 0 Å². The maximum Gasteiger partial charge on any atom is 0.0909 e. The van der Waals surface area contributed by atoms with Gasteiger partial charge in [0.15, 0.2) is 0 Å². The van der Waals surface area contributed by atoms with Gasteiger partial charge >= 0.3 is 0 Å². The minimum absolute atomic E-state index is 0.899. The third kappa shape index (κ3) is 1.43. The summed E-state index contributed by atoms with van der Waals surface area (Å²) in [5.41, 5.74) is 0.899. The van der Waals surface area contributed by atoms with Crippen LogP contribution in [-0.2, 0) is 0 Å². The van der Waals surface area contributed by atoms with Crippen LogP contribution >= 0.6 is 11.3 Å². The van der Waals surface area contributed by atoms with Crippen molar-refractivity contribution in [2.75, 3.05) is 11.4 Å². The molecule has 0 N–H and O–H groups in total. The summed E-state index contributed by atoms with van der Waals surface area (Å²) in [6.07, 6.45) is 0. The van der Waals surface area contributed by atoms with Gasteiger partial charge in [-0.3, -0.25) is 0 Å². The van der Waals surface area contributed by atoms with Crippen LogP contribution in [-0.4, -0.2) is 20.3 Å². The van der Waals surface area contributed by atoms with E-state index in [1.165, 1.54) is 11.5 Å². The maximum atomic E-state index is 2.54. The first-order valence-electron chi connectivity index (χ1n) is 4.39. The lowest BCUT2D eigenvalue weighted by molar-refractivity contribution is 1.32. The summed E-state index contributed by atoms with van der Waals surface area (Å²) >= 11 is 1.86. The van der Waals surface area contributed by atoms with Crippen LogP contribution in [0.2, 0.25) is 19.6 Å². The van der Waals surface area contributed by atoms with E-state index in [-0.39, 0.29) is 0 Å². The van der Waals surface area contributed by atoms with Gasteiger partial charge in [0.1, 0.15) is 0 Å². The highest BCUT2D eigenvalue weighted by Gasteiger charge is 2.44. The van der Waals surface area contributed by atoms with Crippen molar-refractivity contribution in [2.24, 2.45) is 0 Å². The molecule has 0 aromatic carbocycles. The second-order valence-corrected chi connectivity index (χ2v) is 10.8. The molecule has 2 rings (SSSR count). The average molecular weight is 197 g/mol. The number of nitrogens with zero attached hydrogens (tertiary/aromatic N) is 1. The van der Waals surface area contributed by atoms with E-state index in [9.17, 15) is 0 Å². The fourth-order valence-electron chi connectivity index (χ4n) is 1.56. The number of hydrogen-bond donors (Lipinski definition) is 0. The zero-order chi connectivity index (χ0) is 8.77. The molecule has 1 saturated heterocycles. The molecule has 12 heavy (non-hydrogen) atoms. The molecular weight excluding hydrogens is 182 g/mol. The first-order valence-corrected chi connectivity index (χ1v) is 8.85. The molecule has 0 saturated carbocycles. The van der Waals surface area contributed by atoms with Crippen molar-refractivity contribution in [3.05, 3.63) is 17.5 Å². The van der Waals surface area contributed by atoms with Gasteiger partial charge in [-0.05, 0) is 17.5 Å². The predicted octanol–water partition coefficient (Wildman–Crippen LogP) is 2.81. The summed E-state index contributed by atoms with van der Waals surface area (Å²) in [6, 6.07) is 4.37. The minimum Gasteiger partial charge on any atom is -0.360 e. The average Bonchev–Trinajstić information content (AvgIpc) is 2.60. The van der Waals surface area contributed by atoms with Crippen molar-refractivity contribution < 1.29 is 0 Å². The third-order valence-corrected chi connectivity index (χ3v) is 5.80. The van der Waals surface area contributed by atoms with Crippen molar-refractivity contribution in [3.8, 4) is 0 Å². The summed E-state index contributed by atoms with van der Waals surface area (Å²) in [4.78, 5) is 2.54. The molecule has 1 aliphatic rings. The Bertz CT molecular complexity index is 263. The minimum atomic E-state index is -0.910. The lowest BCUT2D eigenvalue weighted by atomic mass is 10.6. The Morgan fingerprint density at radius 1 is 1.50 bits per heavy atom. The van der Waals surface area contributed by atoms with Crippen LogP contribution in [0, 0.1) is 0 Å². The molecule has 1 aromatic rings. The Kier molecular flexibility index (Phi) is 1.80. The smallest absolute Gasteiger partial charge is 0.0909 e. The van der Waals surface area contributed by atoms with Gasteiger partial charge in [0.05, 0.1) is 13.1 Å². The molecule has 1 nitrogen and oxygen atoms in total. The number of hydrogen-bond acceptors (Lipinski definition) is 2. The summed E-state index contributed by atoms with van der Waals surface area (Å²) in [6.45, 7) is 8.65. The Hall–Kier alpha value is -0.283. The highest BCUT2D eigenvalue weighted by molar-refractivity contribution is 7.14. The number of rotatable bonds is 2. The van der Waals surface area contributed by atoms with Crippen LogP contribution in [0.25, 0.3) is 0 Å². The molecule has 0 aliphatic carbocycles. The zero-order valence-corrected chi connectivity index (χ0v) is 9.69. The Balaban J connectivity index is 2.06. The number of thiophene rings is 1. The van der Waals surface area contributed by atoms with Crippen LogP contribution in [0.1, 0.15) is 0 Å². The van der Waals surface area contributed by atoms with E-state index in [4.69, 9.17) is 0 Å². The van der Waals surface area contributed by atoms with E-state index in [0.717, 1.165) is 5.67 Å². The van der Waals surface area contributed by atoms with E-state index in [2.05, 4.69) is 42.1 Å². The molecule has 2 heterocycles. The highest BCUT2D eigenvalue weighted by atomic mass is 32.1. The molecule has 3 heteroatoms. The van der Waals surface area contributed by atoms with E-state index < -0.39 is 8.07 Å². The molecular formula is C9H15NSSi. The molecule has 0 bridgehead atoms. The Morgan fingerprint density at radius 2 is 2.25 bits per heavy atom. The monoisotopic (exact) mass is 197 g/mol.